The monoisotopic (exact) mass is 391 g/mol. The predicted molar refractivity (Wildman–Crippen MR) is 115 cm³/mol. The van der Waals surface area contributed by atoms with E-state index >= 15 is 0 Å². The number of nitrogens with one attached hydrogen (secondary N) is 3. The molecule has 0 atom stereocenters. The highest BCUT2D eigenvalue weighted by atomic mass is 32.2. The van der Waals surface area contributed by atoms with Crippen molar-refractivity contribution in [2.45, 2.75) is 4.90 Å². The van der Waals surface area contributed by atoms with E-state index in [1.165, 1.54) is 4.90 Å². The molecule has 0 saturated carbocycles. The van der Waals surface area contributed by atoms with Crippen molar-refractivity contribution >= 4 is 35.1 Å². The van der Waals surface area contributed by atoms with Gasteiger partial charge in [-0.15, -0.1) is 11.8 Å². The smallest absolute Gasteiger partial charge is 0.319 e. The summed E-state index contributed by atoms with van der Waals surface area (Å²) in [6.07, 6.45) is 0. The molecule has 0 fully saturated rings. The molecule has 0 aliphatic rings. The maximum atomic E-state index is 12.2. The molecule has 0 spiro atoms. The molecule has 3 aromatic rings. The molecule has 0 aromatic heterocycles. The number of carbonyl (C=O) groups is 2. The van der Waals surface area contributed by atoms with Gasteiger partial charge in [-0.05, 0) is 42.5 Å². The molecule has 3 N–H and O–H groups in total. The van der Waals surface area contributed by atoms with Crippen LogP contribution in [0.3, 0.4) is 0 Å². The van der Waals surface area contributed by atoms with Crippen LogP contribution in [0.15, 0.2) is 89.8 Å². The molecule has 3 rings (SSSR count). The number of urea groups is 1. The minimum absolute atomic E-state index is 0.194. The lowest BCUT2D eigenvalue weighted by Gasteiger charge is -2.10. The number of anilines is 2. The van der Waals surface area contributed by atoms with Crippen LogP contribution in [0.2, 0.25) is 0 Å². The average Bonchev–Trinajstić information content (AvgIpc) is 2.73. The number of carbonyl (C=O) groups excluding carboxylic acids is 2. The van der Waals surface area contributed by atoms with E-state index in [-0.39, 0.29) is 11.9 Å². The quantitative estimate of drug-likeness (QED) is 0.398. The Bertz CT molecular complexity index is 917. The molecular weight excluding hydrogens is 370 g/mol. The first-order chi connectivity index (χ1) is 13.7. The molecule has 0 bridgehead atoms. The second-order valence-corrected chi connectivity index (χ2v) is 7.11. The molecule has 3 amide bonds. The van der Waals surface area contributed by atoms with E-state index in [0.29, 0.717) is 23.5 Å². The third-order valence-corrected chi connectivity index (χ3v) is 4.83. The summed E-state index contributed by atoms with van der Waals surface area (Å²) in [5.41, 5.74) is 1.81. The fourth-order valence-electron chi connectivity index (χ4n) is 2.49. The van der Waals surface area contributed by atoms with Gasteiger partial charge in [-0.2, -0.15) is 0 Å². The number of benzene rings is 3. The van der Waals surface area contributed by atoms with Gasteiger partial charge in [0.15, 0.2) is 0 Å². The van der Waals surface area contributed by atoms with E-state index in [9.17, 15) is 9.59 Å². The zero-order chi connectivity index (χ0) is 19.6. The number of rotatable bonds is 7. The first kappa shape index (κ1) is 19.5. The third-order valence-electron chi connectivity index (χ3n) is 3.81. The second-order valence-electron chi connectivity index (χ2n) is 5.94. The van der Waals surface area contributed by atoms with Crippen molar-refractivity contribution in [1.82, 2.24) is 5.32 Å². The van der Waals surface area contributed by atoms with Crippen LogP contribution in [0.1, 0.15) is 10.4 Å². The molecule has 0 heterocycles. The molecule has 0 aliphatic heterocycles. The lowest BCUT2D eigenvalue weighted by molar-refractivity contribution is 0.102. The standard InChI is InChI=1S/C22H21N3O2S/c26-21(17-8-3-1-4-9-17)24-18-10-7-11-19(16-18)25-22(27)23-14-15-28-20-12-5-2-6-13-20/h1-13,16H,14-15H2,(H,24,26)(H2,23,25,27). The molecule has 0 aliphatic carbocycles. The number of hydrogen-bond acceptors (Lipinski definition) is 3. The number of amides is 3. The minimum Gasteiger partial charge on any atom is -0.337 e. The van der Waals surface area contributed by atoms with Gasteiger partial charge in [-0.3, -0.25) is 4.79 Å². The Morgan fingerprint density at radius 2 is 1.39 bits per heavy atom. The van der Waals surface area contributed by atoms with Crippen molar-refractivity contribution in [3.63, 3.8) is 0 Å². The fraction of sp³-hybridized carbons (Fsp3) is 0.0909. The molecule has 0 unspecified atom stereocenters. The Labute approximate surface area is 168 Å². The highest BCUT2D eigenvalue weighted by Gasteiger charge is 2.07. The molecule has 0 saturated heterocycles. The summed E-state index contributed by atoms with van der Waals surface area (Å²) in [6, 6.07) is 25.8. The van der Waals surface area contributed by atoms with Crippen molar-refractivity contribution in [1.29, 1.82) is 0 Å². The van der Waals surface area contributed by atoms with Gasteiger partial charge >= 0.3 is 6.03 Å². The Morgan fingerprint density at radius 1 is 0.750 bits per heavy atom. The summed E-state index contributed by atoms with van der Waals surface area (Å²) in [7, 11) is 0. The molecular formula is C22H21N3O2S. The van der Waals surface area contributed by atoms with Crippen molar-refractivity contribution in [2.24, 2.45) is 0 Å². The Hall–Kier alpha value is -3.25. The van der Waals surface area contributed by atoms with Gasteiger partial charge in [-0.25, -0.2) is 4.79 Å². The number of hydrogen-bond donors (Lipinski definition) is 3. The normalized spacial score (nSPS) is 10.1. The van der Waals surface area contributed by atoms with E-state index in [1.807, 2.05) is 48.5 Å². The average molecular weight is 391 g/mol. The zero-order valence-electron chi connectivity index (χ0n) is 15.2. The summed E-state index contributed by atoms with van der Waals surface area (Å²) in [6.45, 7) is 0.551. The van der Waals surface area contributed by atoms with Crippen LogP contribution in [-0.4, -0.2) is 24.2 Å². The van der Waals surface area contributed by atoms with Gasteiger partial charge in [0.1, 0.15) is 0 Å². The van der Waals surface area contributed by atoms with Gasteiger partial charge in [-0.1, -0.05) is 42.5 Å². The minimum atomic E-state index is -0.278. The van der Waals surface area contributed by atoms with Crippen molar-refractivity contribution in [3.05, 3.63) is 90.5 Å². The van der Waals surface area contributed by atoms with Gasteiger partial charge in [0.2, 0.25) is 0 Å². The van der Waals surface area contributed by atoms with Crippen LogP contribution in [0.25, 0.3) is 0 Å². The second kappa shape index (κ2) is 10.2. The molecule has 5 nitrogen and oxygen atoms in total. The largest absolute Gasteiger partial charge is 0.337 e. The summed E-state index contributed by atoms with van der Waals surface area (Å²) in [4.78, 5) is 25.5. The summed E-state index contributed by atoms with van der Waals surface area (Å²) < 4.78 is 0. The van der Waals surface area contributed by atoms with Gasteiger partial charge in [0.25, 0.3) is 5.91 Å². The third kappa shape index (κ3) is 6.17. The number of thioether (sulfide) groups is 1. The zero-order valence-corrected chi connectivity index (χ0v) is 16.0. The molecule has 0 radical (unpaired) electrons. The van der Waals surface area contributed by atoms with Crippen LogP contribution in [0.5, 0.6) is 0 Å². The molecule has 3 aromatic carbocycles. The molecule has 142 valence electrons. The van der Waals surface area contributed by atoms with Crippen molar-refractivity contribution in [3.8, 4) is 0 Å². The van der Waals surface area contributed by atoms with E-state index < -0.39 is 0 Å². The van der Waals surface area contributed by atoms with Crippen molar-refractivity contribution < 1.29 is 9.59 Å². The fourth-order valence-corrected chi connectivity index (χ4v) is 3.28. The van der Waals surface area contributed by atoms with Crippen LogP contribution >= 0.6 is 11.8 Å². The lowest BCUT2D eigenvalue weighted by Crippen LogP contribution is -2.30. The summed E-state index contributed by atoms with van der Waals surface area (Å²) >= 11 is 1.69. The van der Waals surface area contributed by atoms with E-state index in [0.717, 1.165) is 5.75 Å². The first-order valence-electron chi connectivity index (χ1n) is 8.90. The predicted octanol–water partition coefficient (Wildman–Crippen LogP) is 4.85. The van der Waals surface area contributed by atoms with Gasteiger partial charge < -0.3 is 16.0 Å². The van der Waals surface area contributed by atoms with Crippen LogP contribution in [0, 0.1) is 0 Å². The maximum absolute atomic E-state index is 12.2. The molecule has 28 heavy (non-hydrogen) atoms. The maximum Gasteiger partial charge on any atom is 0.319 e. The Kier molecular flexibility index (Phi) is 7.09. The van der Waals surface area contributed by atoms with Crippen LogP contribution < -0.4 is 16.0 Å². The van der Waals surface area contributed by atoms with E-state index in [2.05, 4.69) is 16.0 Å². The summed E-state index contributed by atoms with van der Waals surface area (Å²) in [5, 5.41) is 8.44. The van der Waals surface area contributed by atoms with Gasteiger partial charge in [0.05, 0.1) is 0 Å². The SMILES string of the molecule is O=C(NCCSc1ccccc1)Nc1cccc(NC(=O)c2ccccc2)c1. The van der Waals surface area contributed by atoms with E-state index in [4.69, 9.17) is 0 Å². The van der Waals surface area contributed by atoms with Crippen molar-refractivity contribution in [2.75, 3.05) is 22.9 Å². The highest BCUT2D eigenvalue weighted by Crippen LogP contribution is 2.17. The highest BCUT2D eigenvalue weighted by molar-refractivity contribution is 7.99. The lowest BCUT2D eigenvalue weighted by atomic mass is 10.2. The molecule has 6 heteroatoms. The van der Waals surface area contributed by atoms with Crippen LogP contribution in [-0.2, 0) is 0 Å². The van der Waals surface area contributed by atoms with Gasteiger partial charge in [0, 0.05) is 34.1 Å². The van der Waals surface area contributed by atoms with Crippen LogP contribution in [0.4, 0.5) is 16.2 Å². The first-order valence-corrected chi connectivity index (χ1v) is 9.88. The summed E-state index contributed by atoms with van der Waals surface area (Å²) in [5.74, 6) is 0.588. The Morgan fingerprint density at radius 3 is 2.11 bits per heavy atom. The topological polar surface area (TPSA) is 70.2 Å². The van der Waals surface area contributed by atoms with E-state index in [1.54, 1.807) is 48.2 Å². The Balaban J connectivity index is 1.46.